The molecule has 0 unspecified atom stereocenters. The van der Waals surface area contributed by atoms with Crippen molar-refractivity contribution in [3.8, 4) is 0 Å². The van der Waals surface area contributed by atoms with Crippen LogP contribution >= 0.6 is 0 Å². The van der Waals surface area contributed by atoms with E-state index in [4.69, 9.17) is 0 Å². The van der Waals surface area contributed by atoms with Gasteiger partial charge in [0, 0.05) is 40.2 Å². The highest BCUT2D eigenvalue weighted by Gasteiger charge is 2.38. The van der Waals surface area contributed by atoms with Gasteiger partial charge in [-0.1, -0.05) is 6.92 Å². The zero-order chi connectivity index (χ0) is 10.8. The summed E-state index contributed by atoms with van der Waals surface area (Å²) in [5.74, 6) is 0.150. The molecule has 1 amide bonds. The van der Waals surface area contributed by atoms with E-state index in [2.05, 4.69) is 4.90 Å². The number of carbonyl (C=O) groups excluding carboxylic acids is 1. The molecule has 0 atom stereocenters. The highest BCUT2D eigenvalue weighted by atomic mass is 16.3. The van der Waals surface area contributed by atoms with Gasteiger partial charge < -0.3 is 10.0 Å². The Balaban J connectivity index is 2.15. The van der Waals surface area contributed by atoms with Crippen LogP contribution in [0.25, 0.3) is 0 Å². The van der Waals surface area contributed by atoms with Crippen molar-refractivity contribution in [3.63, 3.8) is 0 Å². The van der Waals surface area contributed by atoms with Gasteiger partial charge in [0.1, 0.15) is 0 Å². The molecule has 4 heteroatoms. The lowest BCUT2D eigenvalue weighted by Gasteiger charge is -2.46. The second kappa shape index (κ2) is 4.28. The average Bonchev–Trinajstić information content (AvgIpc) is 2.09. The topological polar surface area (TPSA) is 43.8 Å². The SMILES string of the molecule is CCC1(O)CN(CCC(=O)N(C)C)C1. The van der Waals surface area contributed by atoms with Crippen molar-refractivity contribution in [2.75, 3.05) is 33.7 Å². The Labute approximate surface area is 85.5 Å². The molecule has 0 saturated carbocycles. The fourth-order valence-electron chi connectivity index (χ4n) is 1.65. The van der Waals surface area contributed by atoms with Gasteiger partial charge in [-0.3, -0.25) is 9.69 Å². The third-order valence-electron chi connectivity index (χ3n) is 2.83. The van der Waals surface area contributed by atoms with Crippen molar-refractivity contribution < 1.29 is 9.90 Å². The van der Waals surface area contributed by atoms with Gasteiger partial charge in [0.15, 0.2) is 0 Å². The van der Waals surface area contributed by atoms with E-state index in [1.807, 2.05) is 6.92 Å². The first-order valence-electron chi connectivity index (χ1n) is 5.12. The van der Waals surface area contributed by atoms with E-state index in [9.17, 15) is 9.90 Å². The smallest absolute Gasteiger partial charge is 0.223 e. The van der Waals surface area contributed by atoms with Crippen molar-refractivity contribution in [3.05, 3.63) is 0 Å². The average molecular weight is 200 g/mol. The number of hydrogen-bond donors (Lipinski definition) is 1. The minimum absolute atomic E-state index is 0.150. The number of rotatable bonds is 4. The van der Waals surface area contributed by atoms with Crippen molar-refractivity contribution in [2.45, 2.75) is 25.4 Å². The molecular formula is C10H20N2O2. The molecule has 1 rings (SSSR count). The number of β-amino-alcohol motifs (C(OH)–C–C–N with tert-alkyl or cyclic N) is 1. The molecule has 0 spiro atoms. The van der Waals surface area contributed by atoms with Crippen molar-refractivity contribution in [1.29, 1.82) is 0 Å². The molecule has 0 radical (unpaired) electrons. The number of nitrogens with zero attached hydrogens (tertiary/aromatic N) is 2. The fourth-order valence-corrected chi connectivity index (χ4v) is 1.65. The predicted octanol–water partition coefficient (Wildman–Crippen LogP) is -0.0786. The second-order valence-corrected chi connectivity index (χ2v) is 4.33. The standard InChI is InChI=1S/C10H20N2O2/c1-4-10(14)7-12(8-10)6-5-9(13)11(2)3/h14H,4-8H2,1-3H3. The third-order valence-corrected chi connectivity index (χ3v) is 2.83. The fraction of sp³-hybridized carbons (Fsp3) is 0.900. The highest BCUT2D eigenvalue weighted by molar-refractivity contribution is 5.75. The van der Waals surface area contributed by atoms with Crippen molar-refractivity contribution in [1.82, 2.24) is 9.80 Å². The number of likely N-dealkylation sites (tertiary alicyclic amines) is 1. The first kappa shape index (κ1) is 11.5. The van der Waals surface area contributed by atoms with Gasteiger partial charge in [-0.2, -0.15) is 0 Å². The Morgan fingerprint density at radius 2 is 2.07 bits per heavy atom. The summed E-state index contributed by atoms with van der Waals surface area (Å²) in [6.07, 6.45) is 1.35. The third kappa shape index (κ3) is 2.69. The molecule has 1 fully saturated rings. The van der Waals surface area contributed by atoms with Crippen molar-refractivity contribution in [2.24, 2.45) is 0 Å². The predicted molar refractivity (Wildman–Crippen MR) is 55.0 cm³/mol. The van der Waals surface area contributed by atoms with Crippen LogP contribution in [0.3, 0.4) is 0 Å². The molecule has 0 aromatic carbocycles. The molecule has 1 aliphatic rings. The molecule has 0 bridgehead atoms. The monoisotopic (exact) mass is 200 g/mol. The van der Waals surface area contributed by atoms with E-state index in [1.165, 1.54) is 0 Å². The Bertz CT molecular complexity index is 210. The molecule has 1 heterocycles. The maximum Gasteiger partial charge on any atom is 0.223 e. The van der Waals surface area contributed by atoms with Gasteiger partial charge in [-0.15, -0.1) is 0 Å². The number of aliphatic hydroxyl groups is 1. The Morgan fingerprint density at radius 1 is 1.50 bits per heavy atom. The van der Waals surface area contributed by atoms with Gasteiger partial charge in [0.25, 0.3) is 0 Å². The van der Waals surface area contributed by atoms with E-state index in [1.54, 1.807) is 19.0 Å². The second-order valence-electron chi connectivity index (χ2n) is 4.33. The largest absolute Gasteiger partial charge is 0.387 e. The molecule has 82 valence electrons. The van der Waals surface area contributed by atoms with Gasteiger partial charge in [0.2, 0.25) is 5.91 Å². The molecule has 1 N–H and O–H groups in total. The molecule has 4 nitrogen and oxygen atoms in total. The summed E-state index contributed by atoms with van der Waals surface area (Å²) in [5.41, 5.74) is -0.485. The van der Waals surface area contributed by atoms with E-state index in [0.717, 1.165) is 13.0 Å². The zero-order valence-corrected chi connectivity index (χ0v) is 9.29. The minimum Gasteiger partial charge on any atom is -0.387 e. The first-order chi connectivity index (χ1) is 6.47. The van der Waals surface area contributed by atoms with Crippen LogP contribution in [0.5, 0.6) is 0 Å². The lowest BCUT2D eigenvalue weighted by Crippen LogP contribution is -2.61. The molecule has 0 aromatic rings. The van der Waals surface area contributed by atoms with Crippen LogP contribution in [0.15, 0.2) is 0 Å². The van der Waals surface area contributed by atoms with Gasteiger partial charge in [-0.05, 0) is 6.42 Å². The van der Waals surface area contributed by atoms with Gasteiger partial charge in [0.05, 0.1) is 5.60 Å². The molecule has 1 saturated heterocycles. The summed E-state index contributed by atoms with van der Waals surface area (Å²) in [4.78, 5) is 15.0. The van der Waals surface area contributed by atoms with Crippen LogP contribution in [0.2, 0.25) is 0 Å². The Morgan fingerprint density at radius 3 is 2.50 bits per heavy atom. The molecule has 1 aliphatic heterocycles. The number of amides is 1. The number of carbonyl (C=O) groups is 1. The quantitative estimate of drug-likeness (QED) is 0.690. The number of hydrogen-bond acceptors (Lipinski definition) is 3. The minimum atomic E-state index is -0.485. The van der Waals surface area contributed by atoms with Crippen LogP contribution in [0.4, 0.5) is 0 Å². The normalized spacial score (nSPS) is 20.3. The van der Waals surface area contributed by atoms with Crippen LogP contribution in [0, 0.1) is 0 Å². The zero-order valence-electron chi connectivity index (χ0n) is 9.29. The van der Waals surface area contributed by atoms with E-state index >= 15 is 0 Å². The summed E-state index contributed by atoms with van der Waals surface area (Å²) < 4.78 is 0. The highest BCUT2D eigenvalue weighted by Crippen LogP contribution is 2.23. The van der Waals surface area contributed by atoms with Crippen LogP contribution in [-0.4, -0.2) is 60.1 Å². The summed E-state index contributed by atoms with van der Waals surface area (Å²) in [5, 5.41) is 9.73. The van der Waals surface area contributed by atoms with E-state index in [0.29, 0.717) is 19.5 Å². The Kier molecular flexibility index (Phi) is 3.50. The summed E-state index contributed by atoms with van der Waals surface area (Å²) in [6, 6.07) is 0. The van der Waals surface area contributed by atoms with Gasteiger partial charge in [-0.25, -0.2) is 0 Å². The maximum atomic E-state index is 11.3. The van der Waals surface area contributed by atoms with E-state index in [-0.39, 0.29) is 5.91 Å². The first-order valence-corrected chi connectivity index (χ1v) is 5.12. The summed E-state index contributed by atoms with van der Waals surface area (Å²) >= 11 is 0. The summed E-state index contributed by atoms with van der Waals surface area (Å²) in [6.45, 7) is 4.18. The molecule has 14 heavy (non-hydrogen) atoms. The van der Waals surface area contributed by atoms with Gasteiger partial charge >= 0.3 is 0 Å². The molecule has 0 aromatic heterocycles. The Hall–Kier alpha value is -0.610. The lowest BCUT2D eigenvalue weighted by molar-refractivity contribution is -0.132. The van der Waals surface area contributed by atoms with Crippen molar-refractivity contribution >= 4 is 5.91 Å². The molecule has 0 aliphatic carbocycles. The van der Waals surface area contributed by atoms with Crippen LogP contribution in [0.1, 0.15) is 19.8 Å². The van der Waals surface area contributed by atoms with Crippen LogP contribution < -0.4 is 0 Å². The van der Waals surface area contributed by atoms with Crippen LogP contribution in [-0.2, 0) is 4.79 Å². The molecular weight excluding hydrogens is 180 g/mol. The lowest BCUT2D eigenvalue weighted by atomic mass is 9.91. The summed E-state index contributed by atoms with van der Waals surface area (Å²) in [7, 11) is 3.53. The maximum absolute atomic E-state index is 11.3. The van der Waals surface area contributed by atoms with E-state index < -0.39 is 5.60 Å².